The first-order valence-electron chi connectivity index (χ1n) is 9.70. The first kappa shape index (κ1) is 23.8. The second-order valence-electron chi connectivity index (χ2n) is 6.47. The molecule has 0 saturated carbocycles. The summed E-state index contributed by atoms with van der Waals surface area (Å²) in [5.74, 6) is 5.04. The summed E-state index contributed by atoms with van der Waals surface area (Å²) >= 11 is 3.12. The van der Waals surface area contributed by atoms with Crippen LogP contribution in [0.2, 0.25) is 0 Å². The van der Waals surface area contributed by atoms with Crippen molar-refractivity contribution in [1.82, 2.24) is 0 Å². The smallest absolute Gasteiger partial charge is 0.113 e. The summed E-state index contributed by atoms with van der Waals surface area (Å²) in [7, 11) is 0. The van der Waals surface area contributed by atoms with Gasteiger partial charge in [0.05, 0.1) is 12.3 Å². The molecule has 5 nitrogen and oxygen atoms in total. The molecule has 30 heavy (non-hydrogen) atoms. The quantitative estimate of drug-likeness (QED) is 0.305. The first-order valence-corrected chi connectivity index (χ1v) is 11.7. The van der Waals surface area contributed by atoms with Gasteiger partial charge in [-0.3, -0.25) is 0 Å². The Balaban J connectivity index is 0.000000297. The van der Waals surface area contributed by atoms with Crippen molar-refractivity contribution in [3.63, 3.8) is 0 Å². The molecule has 0 atom stereocenters. The van der Waals surface area contributed by atoms with Gasteiger partial charge in [-0.25, -0.2) is 5.90 Å². The summed E-state index contributed by atoms with van der Waals surface area (Å²) in [5.41, 5.74) is 9.37. The third-order valence-electron chi connectivity index (χ3n) is 4.29. The molecule has 0 fully saturated rings. The average molecular weight is 441 g/mol. The zero-order valence-electron chi connectivity index (χ0n) is 17.4. The normalized spacial score (nSPS) is 10.1. The van der Waals surface area contributed by atoms with E-state index in [9.17, 15) is 5.26 Å². The zero-order valence-corrected chi connectivity index (χ0v) is 19.0. The van der Waals surface area contributed by atoms with E-state index in [0.29, 0.717) is 24.3 Å². The molecular weight excluding hydrogens is 412 g/mol. The number of nitriles is 1. The van der Waals surface area contributed by atoms with E-state index >= 15 is 0 Å². The number of nitrogens with one attached hydrogen (secondary N) is 1. The highest BCUT2D eigenvalue weighted by molar-refractivity contribution is 7.98. The second kappa shape index (κ2) is 12.9. The van der Waals surface area contributed by atoms with Gasteiger partial charge in [-0.05, 0) is 36.4 Å². The van der Waals surface area contributed by atoms with Crippen molar-refractivity contribution in [2.24, 2.45) is 5.90 Å². The minimum Gasteiger partial charge on any atom is -0.397 e. The minimum absolute atomic E-state index is 0.372. The lowest BCUT2D eigenvalue weighted by Gasteiger charge is -2.05. The molecule has 0 aliphatic rings. The molecule has 0 aliphatic carbocycles. The lowest BCUT2D eigenvalue weighted by molar-refractivity contribution is 0.142. The number of anilines is 3. The van der Waals surface area contributed by atoms with Gasteiger partial charge in [0.2, 0.25) is 0 Å². The van der Waals surface area contributed by atoms with Crippen LogP contribution in [0.5, 0.6) is 0 Å². The molecule has 0 radical (unpaired) electrons. The number of hydrogen-bond donors (Lipinski definition) is 3. The summed E-state index contributed by atoms with van der Waals surface area (Å²) in [6.45, 7) is 2.57. The maximum Gasteiger partial charge on any atom is 0.113 e. The molecular formula is C23H28N4OS2. The predicted octanol–water partition coefficient (Wildman–Crippen LogP) is 5.74. The molecule has 0 aliphatic heterocycles. The van der Waals surface area contributed by atoms with Crippen LogP contribution in [-0.2, 0) is 17.7 Å². The van der Waals surface area contributed by atoms with Gasteiger partial charge in [0.15, 0.2) is 0 Å². The molecule has 158 valence electrons. The predicted molar refractivity (Wildman–Crippen MR) is 129 cm³/mol. The van der Waals surface area contributed by atoms with Gasteiger partial charge < -0.3 is 15.9 Å². The number of nitrogens with two attached hydrogens (primary N) is 2. The number of nitrogen functional groups attached to an aromatic ring is 1. The Morgan fingerprint density at radius 1 is 1.13 bits per heavy atom. The number of nitrogens with zero attached hydrogens (tertiary/aromatic N) is 1. The van der Waals surface area contributed by atoms with Gasteiger partial charge in [-0.2, -0.15) is 5.26 Å². The number of aryl methyl sites for hydroxylation is 1. The summed E-state index contributed by atoms with van der Waals surface area (Å²) in [6, 6.07) is 20.7. The molecule has 0 spiro atoms. The maximum atomic E-state index is 9.29. The van der Waals surface area contributed by atoms with Gasteiger partial charge >= 0.3 is 0 Å². The molecule has 1 heterocycles. The van der Waals surface area contributed by atoms with Crippen molar-refractivity contribution in [3.8, 4) is 6.07 Å². The van der Waals surface area contributed by atoms with Gasteiger partial charge in [-0.1, -0.05) is 49.7 Å². The van der Waals surface area contributed by atoms with Crippen LogP contribution in [0, 0.1) is 11.3 Å². The molecule has 3 rings (SSSR count). The van der Waals surface area contributed by atoms with Gasteiger partial charge in [-0.15, -0.1) is 23.1 Å². The molecule has 2 aromatic carbocycles. The van der Waals surface area contributed by atoms with Crippen LogP contribution in [0.15, 0.2) is 59.5 Å². The Hall–Kier alpha value is -2.50. The lowest BCUT2D eigenvalue weighted by atomic mass is 10.1. The average Bonchev–Trinajstić information content (AvgIpc) is 3.07. The molecule has 0 amide bonds. The van der Waals surface area contributed by atoms with Crippen LogP contribution in [0.1, 0.15) is 29.3 Å². The van der Waals surface area contributed by atoms with Gasteiger partial charge in [0.1, 0.15) is 16.6 Å². The van der Waals surface area contributed by atoms with Crippen molar-refractivity contribution >= 4 is 39.5 Å². The number of rotatable bonds is 8. The highest BCUT2D eigenvalue weighted by Crippen LogP contribution is 2.37. The van der Waals surface area contributed by atoms with Crippen molar-refractivity contribution in [1.29, 1.82) is 5.26 Å². The van der Waals surface area contributed by atoms with E-state index in [1.165, 1.54) is 29.7 Å². The molecule has 1 aromatic heterocycles. The fourth-order valence-corrected chi connectivity index (χ4v) is 4.32. The summed E-state index contributed by atoms with van der Waals surface area (Å²) in [4.78, 5) is 6.63. The van der Waals surface area contributed by atoms with E-state index in [0.717, 1.165) is 20.5 Å². The molecule has 3 aromatic rings. The Morgan fingerprint density at radius 3 is 2.53 bits per heavy atom. The fourth-order valence-electron chi connectivity index (χ4n) is 2.79. The summed E-state index contributed by atoms with van der Waals surface area (Å²) in [6.07, 6.45) is 5.06. The molecule has 7 heteroatoms. The van der Waals surface area contributed by atoms with Crippen LogP contribution in [-0.4, -0.2) is 12.9 Å². The Kier molecular flexibility index (Phi) is 10.3. The van der Waals surface area contributed by atoms with Gasteiger partial charge in [0.25, 0.3) is 0 Å². The fraction of sp³-hybridized carbons (Fsp3) is 0.261. The highest BCUT2D eigenvalue weighted by atomic mass is 32.2. The number of thioether (sulfide) groups is 1. The molecule has 5 N–H and O–H groups in total. The standard InChI is InChI=1S/C14H16N4OS2.C9H12/c1-20-10-4-2-3-9(7-10)18-14-11(8-15)13(16)12(21-14)5-6-19-17;1-2-6-9-7-4-3-5-8-9/h2-4,7,18H,5-6,16-17H2,1H3;3-5,7-8H,2,6H2,1H3. The minimum atomic E-state index is 0.372. The van der Waals surface area contributed by atoms with E-state index in [4.69, 9.17) is 11.6 Å². The monoisotopic (exact) mass is 440 g/mol. The maximum absolute atomic E-state index is 9.29. The van der Waals surface area contributed by atoms with E-state index in [1.54, 1.807) is 11.8 Å². The van der Waals surface area contributed by atoms with E-state index in [-0.39, 0.29) is 0 Å². The zero-order chi connectivity index (χ0) is 21.8. The lowest BCUT2D eigenvalue weighted by Crippen LogP contribution is -2.04. The Labute approximate surface area is 187 Å². The molecule has 0 saturated heterocycles. The SMILES string of the molecule is CCCc1ccccc1.CSc1cccc(Nc2sc(CCON)c(N)c2C#N)c1. The van der Waals surface area contributed by atoms with E-state index in [1.807, 2.05) is 30.5 Å². The van der Waals surface area contributed by atoms with Crippen molar-refractivity contribution in [2.45, 2.75) is 31.1 Å². The van der Waals surface area contributed by atoms with Crippen LogP contribution in [0.4, 0.5) is 16.4 Å². The number of thiophene rings is 1. The first-order chi connectivity index (χ1) is 14.6. The van der Waals surface area contributed by atoms with Crippen LogP contribution in [0.3, 0.4) is 0 Å². The van der Waals surface area contributed by atoms with Gasteiger partial charge in [0, 0.05) is 21.9 Å². The second-order valence-corrected chi connectivity index (χ2v) is 8.45. The van der Waals surface area contributed by atoms with Crippen molar-refractivity contribution in [2.75, 3.05) is 23.9 Å². The van der Waals surface area contributed by atoms with Crippen molar-refractivity contribution < 1.29 is 4.84 Å². The molecule has 0 unspecified atom stereocenters. The Morgan fingerprint density at radius 2 is 1.90 bits per heavy atom. The third kappa shape index (κ3) is 7.08. The van der Waals surface area contributed by atoms with E-state index < -0.39 is 0 Å². The van der Waals surface area contributed by atoms with Crippen LogP contribution >= 0.6 is 23.1 Å². The largest absolute Gasteiger partial charge is 0.397 e. The summed E-state index contributed by atoms with van der Waals surface area (Å²) in [5, 5.41) is 13.3. The van der Waals surface area contributed by atoms with Crippen LogP contribution in [0.25, 0.3) is 0 Å². The third-order valence-corrected chi connectivity index (χ3v) is 6.20. The van der Waals surface area contributed by atoms with Crippen LogP contribution < -0.4 is 16.9 Å². The molecule has 0 bridgehead atoms. The number of hydrogen-bond acceptors (Lipinski definition) is 7. The van der Waals surface area contributed by atoms with E-state index in [2.05, 4.69) is 53.5 Å². The number of benzene rings is 2. The summed E-state index contributed by atoms with van der Waals surface area (Å²) < 4.78 is 0. The Bertz CT molecular complexity index is 952. The topological polar surface area (TPSA) is 97.1 Å². The highest BCUT2D eigenvalue weighted by Gasteiger charge is 2.16. The van der Waals surface area contributed by atoms with Crippen molar-refractivity contribution in [3.05, 3.63) is 70.6 Å².